The summed E-state index contributed by atoms with van der Waals surface area (Å²) in [6.45, 7) is 5.01. The first-order chi connectivity index (χ1) is 8.91. The summed E-state index contributed by atoms with van der Waals surface area (Å²) in [6, 6.07) is 7.42. The van der Waals surface area contributed by atoms with Crippen molar-refractivity contribution >= 4 is 11.6 Å². The summed E-state index contributed by atoms with van der Waals surface area (Å²) >= 11 is 0. The van der Waals surface area contributed by atoms with Crippen LogP contribution in [-0.4, -0.2) is 35.1 Å². The maximum absolute atomic E-state index is 12.6. The van der Waals surface area contributed by atoms with E-state index in [2.05, 4.69) is 0 Å². The van der Waals surface area contributed by atoms with Gasteiger partial charge in [-0.3, -0.25) is 4.79 Å². The van der Waals surface area contributed by atoms with Gasteiger partial charge in [-0.05, 0) is 44.4 Å². The number of β-amino-alcohol motifs (C(OH)–C–C–N with tert-alkyl or cyclic N) is 1. The number of hydrogen-bond donors (Lipinski definition) is 2. The van der Waals surface area contributed by atoms with Crippen molar-refractivity contribution in [2.75, 3.05) is 18.8 Å². The number of anilines is 1. The molecule has 0 aromatic heterocycles. The van der Waals surface area contributed by atoms with Gasteiger partial charge in [-0.2, -0.15) is 0 Å². The van der Waals surface area contributed by atoms with Gasteiger partial charge in [0.1, 0.15) is 0 Å². The molecule has 1 aromatic rings. The first kappa shape index (κ1) is 13.9. The van der Waals surface area contributed by atoms with Gasteiger partial charge in [0.05, 0.1) is 11.5 Å². The summed E-state index contributed by atoms with van der Waals surface area (Å²) in [4.78, 5) is 14.4. The quantitative estimate of drug-likeness (QED) is 0.794. The molecule has 0 aliphatic carbocycles. The average molecular weight is 262 g/mol. The molecule has 1 aromatic carbocycles. The zero-order chi connectivity index (χ0) is 14.0. The molecule has 3 N–H and O–H groups in total. The molecule has 1 atom stereocenters. The number of carbonyl (C=O) groups excluding carboxylic acids is 1. The normalized spacial score (nSPS) is 20.4. The zero-order valence-electron chi connectivity index (χ0n) is 11.6. The lowest BCUT2D eigenvalue weighted by molar-refractivity contribution is -0.139. The van der Waals surface area contributed by atoms with Gasteiger partial charge in [-0.25, -0.2) is 0 Å². The molecular formula is C15H22N2O2. The highest BCUT2D eigenvalue weighted by Crippen LogP contribution is 2.27. The van der Waals surface area contributed by atoms with E-state index in [4.69, 9.17) is 5.73 Å². The lowest BCUT2D eigenvalue weighted by Gasteiger charge is -2.36. The van der Waals surface area contributed by atoms with E-state index in [0.717, 1.165) is 24.9 Å². The smallest absolute Gasteiger partial charge is 0.232 e. The molecule has 0 radical (unpaired) electrons. The first-order valence-corrected chi connectivity index (χ1v) is 6.74. The Labute approximate surface area is 114 Å². The SMILES string of the molecule is CC(C)(C(=O)N1CCC[C@H](O)C1)c1ccc(N)cc1. The monoisotopic (exact) mass is 262 g/mol. The third kappa shape index (κ3) is 2.89. The van der Waals surface area contributed by atoms with Gasteiger partial charge in [-0.15, -0.1) is 0 Å². The van der Waals surface area contributed by atoms with Gasteiger partial charge < -0.3 is 15.7 Å². The van der Waals surface area contributed by atoms with Crippen molar-refractivity contribution in [2.45, 2.75) is 38.2 Å². The van der Waals surface area contributed by atoms with Crippen molar-refractivity contribution < 1.29 is 9.90 Å². The molecule has 0 spiro atoms. The fraction of sp³-hybridized carbons (Fsp3) is 0.533. The summed E-state index contributed by atoms with van der Waals surface area (Å²) in [5.74, 6) is 0.0658. The fourth-order valence-electron chi connectivity index (χ4n) is 2.56. The third-order valence-corrected chi connectivity index (χ3v) is 3.85. The molecule has 104 valence electrons. The Hall–Kier alpha value is -1.55. The van der Waals surface area contributed by atoms with Gasteiger partial charge in [-0.1, -0.05) is 12.1 Å². The van der Waals surface area contributed by atoms with E-state index in [1.165, 1.54) is 0 Å². The molecule has 1 fully saturated rings. The van der Waals surface area contributed by atoms with E-state index in [1.54, 1.807) is 4.90 Å². The highest BCUT2D eigenvalue weighted by Gasteiger charge is 2.35. The Morgan fingerprint density at radius 3 is 2.58 bits per heavy atom. The summed E-state index contributed by atoms with van der Waals surface area (Å²) in [5, 5.41) is 9.69. The summed E-state index contributed by atoms with van der Waals surface area (Å²) in [5.41, 5.74) is 6.73. The number of piperidine rings is 1. The highest BCUT2D eigenvalue weighted by atomic mass is 16.3. The number of hydrogen-bond acceptors (Lipinski definition) is 3. The minimum atomic E-state index is -0.592. The molecule has 0 saturated carbocycles. The molecule has 4 nitrogen and oxygen atoms in total. The van der Waals surface area contributed by atoms with Crippen LogP contribution >= 0.6 is 0 Å². The maximum atomic E-state index is 12.6. The first-order valence-electron chi connectivity index (χ1n) is 6.74. The Morgan fingerprint density at radius 2 is 2.00 bits per heavy atom. The average Bonchev–Trinajstić information content (AvgIpc) is 2.38. The van der Waals surface area contributed by atoms with Crippen LogP contribution in [0.1, 0.15) is 32.3 Å². The number of aliphatic hydroxyl groups is 1. The van der Waals surface area contributed by atoms with Crippen LogP contribution in [-0.2, 0) is 10.2 Å². The molecule has 1 aliphatic rings. The number of nitrogens with zero attached hydrogens (tertiary/aromatic N) is 1. The lowest BCUT2D eigenvalue weighted by atomic mass is 9.82. The maximum Gasteiger partial charge on any atom is 0.232 e. The van der Waals surface area contributed by atoms with Crippen molar-refractivity contribution in [3.63, 3.8) is 0 Å². The highest BCUT2D eigenvalue weighted by molar-refractivity contribution is 5.87. The second kappa shape index (κ2) is 5.21. The van der Waals surface area contributed by atoms with Crippen LogP contribution in [0, 0.1) is 0 Å². The Morgan fingerprint density at radius 1 is 1.37 bits per heavy atom. The van der Waals surface area contributed by atoms with Gasteiger partial charge in [0, 0.05) is 18.8 Å². The Balaban J connectivity index is 2.18. The van der Waals surface area contributed by atoms with E-state index < -0.39 is 5.41 Å². The predicted octanol–water partition coefficient (Wildman–Crippen LogP) is 1.53. The molecule has 1 amide bonds. The molecule has 1 aliphatic heterocycles. The van der Waals surface area contributed by atoms with Crippen molar-refractivity contribution in [2.24, 2.45) is 0 Å². The van der Waals surface area contributed by atoms with Crippen LogP contribution in [0.2, 0.25) is 0 Å². The van der Waals surface area contributed by atoms with E-state index in [0.29, 0.717) is 12.2 Å². The van der Waals surface area contributed by atoms with Crippen LogP contribution in [0.4, 0.5) is 5.69 Å². The van der Waals surface area contributed by atoms with E-state index >= 15 is 0 Å². The third-order valence-electron chi connectivity index (χ3n) is 3.85. The van der Waals surface area contributed by atoms with Crippen LogP contribution in [0.3, 0.4) is 0 Å². The number of nitrogens with two attached hydrogens (primary N) is 1. The van der Waals surface area contributed by atoms with Crippen LogP contribution in [0.5, 0.6) is 0 Å². The standard InChI is InChI=1S/C15H22N2O2/c1-15(2,11-5-7-12(16)8-6-11)14(19)17-9-3-4-13(18)10-17/h5-8,13,18H,3-4,9-10,16H2,1-2H3/t13-/m0/s1. The molecule has 0 unspecified atom stereocenters. The summed E-state index contributed by atoms with van der Waals surface area (Å²) in [6.07, 6.45) is 1.26. The number of aliphatic hydroxyl groups excluding tert-OH is 1. The minimum absolute atomic E-state index is 0.0658. The van der Waals surface area contributed by atoms with Gasteiger partial charge in [0.2, 0.25) is 5.91 Å². The zero-order valence-corrected chi connectivity index (χ0v) is 11.6. The molecule has 19 heavy (non-hydrogen) atoms. The Bertz CT molecular complexity index is 454. The number of rotatable bonds is 2. The van der Waals surface area contributed by atoms with E-state index in [-0.39, 0.29) is 12.0 Å². The number of carbonyl (C=O) groups is 1. The Kier molecular flexibility index (Phi) is 3.80. The molecule has 1 saturated heterocycles. The van der Waals surface area contributed by atoms with Crippen molar-refractivity contribution in [3.8, 4) is 0 Å². The van der Waals surface area contributed by atoms with Crippen LogP contribution < -0.4 is 5.73 Å². The second-order valence-electron chi connectivity index (χ2n) is 5.79. The largest absolute Gasteiger partial charge is 0.399 e. The molecule has 4 heteroatoms. The molecule has 0 bridgehead atoms. The van der Waals surface area contributed by atoms with Crippen LogP contribution in [0.15, 0.2) is 24.3 Å². The topological polar surface area (TPSA) is 66.6 Å². The number of nitrogen functional groups attached to an aromatic ring is 1. The van der Waals surface area contributed by atoms with Gasteiger partial charge in [0.25, 0.3) is 0 Å². The van der Waals surface area contributed by atoms with Crippen molar-refractivity contribution in [3.05, 3.63) is 29.8 Å². The van der Waals surface area contributed by atoms with E-state index in [1.807, 2.05) is 38.1 Å². The fourth-order valence-corrected chi connectivity index (χ4v) is 2.56. The van der Waals surface area contributed by atoms with E-state index in [9.17, 15) is 9.90 Å². The van der Waals surface area contributed by atoms with Gasteiger partial charge >= 0.3 is 0 Å². The number of likely N-dealkylation sites (tertiary alicyclic amines) is 1. The van der Waals surface area contributed by atoms with Gasteiger partial charge in [0.15, 0.2) is 0 Å². The number of amides is 1. The second-order valence-corrected chi connectivity index (χ2v) is 5.79. The minimum Gasteiger partial charge on any atom is -0.399 e. The summed E-state index contributed by atoms with van der Waals surface area (Å²) < 4.78 is 0. The van der Waals surface area contributed by atoms with Crippen LogP contribution in [0.25, 0.3) is 0 Å². The molecule has 2 rings (SSSR count). The summed E-state index contributed by atoms with van der Waals surface area (Å²) in [7, 11) is 0. The van der Waals surface area contributed by atoms with Crippen molar-refractivity contribution in [1.29, 1.82) is 0 Å². The number of benzene rings is 1. The van der Waals surface area contributed by atoms with Crippen molar-refractivity contribution in [1.82, 2.24) is 4.90 Å². The molecule has 1 heterocycles. The lowest BCUT2D eigenvalue weighted by Crippen LogP contribution is -2.49. The predicted molar refractivity (Wildman–Crippen MR) is 75.7 cm³/mol. The molecular weight excluding hydrogens is 240 g/mol.